The Bertz CT molecular complexity index is 638. The predicted molar refractivity (Wildman–Crippen MR) is 78.7 cm³/mol. The number of methoxy groups -OCH3 is 1. The van der Waals surface area contributed by atoms with Gasteiger partial charge in [0.1, 0.15) is 11.7 Å². The highest BCUT2D eigenvalue weighted by Gasteiger charge is 2.59. The van der Waals surface area contributed by atoms with Gasteiger partial charge in [0.05, 0.1) is 24.7 Å². The van der Waals surface area contributed by atoms with Crippen LogP contribution in [0, 0.1) is 11.8 Å². The Kier molecular flexibility index (Phi) is 3.41. The first kappa shape index (κ1) is 14.6. The molecule has 4 atom stereocenters. The highest BCUT2D eigenvalue weighted by Crippen LogP contribution is 2.47. The smallest absolute Gasteiger partial charge is 0.310 e. The van der Waals surface area contributed by atoms with Gasteiger partial charge in [0, 0.05) is 5.69 Å². The topological polar surface area (TPSA) is 84.9 Å². The second-order valence-electron chi connectivity index (χ2n) is 5.68. The Morgan fingerprint density at radius 1 is 1.32 bits per heavy atom. The zero-order valence-electron chi connectivity index (χ0n) is 12.3. The molecule has 6 nitrogen and oxygen atoms in total. The van der Waals surface area contributed by atoms with Gasteiger partial charge in [-0.05, 0) is 31.2 Å². The van der Waals surface area contributed by atoms with E-state index in [2.05, 4.69) is 5.32 Å². The number of rotatable bonds is 4. The monoisotopic (exact) mass is 303 g/mol. The summed E-state index contributed by atoms with van der Waals surface area (Å²) in [6, 6.07) is 6.86. The summed E-state index contributed by atoms with van der Waals surface area (Å²) >= 11 is 0. The molecule has 2 N–H and O–H groups in total. The van der Waals surface area contributed by atoms with Crippen LogP contribution in [0.4, 0.5) is 5.69 Å². The fourth-order valence-electron chi connectivity index (χ4n) is 3.17. The van der Waals surface area contributed by atoms with E-state index in [1.54, 1.807) is 50.5 Å². The van der Waals surface area contributed by atoms with Gasteiger partial charge in [0.2, 0.25) is 5.91 Å². The van der Waals surface area contributed by atoms with Crippen LogP contribution in [0.3, 0.4) is 0 Å². The molecule has 2 aliphatic heterocycles. The van der Waals surface area contributed by atoms with E-state index in [4.69, 9.17) is 9.47 Å². The number of carboxylic acids is 1. The van der Waals surface area contributed by atoms with Gasteiger partial charge in [-0.15, -0.1) is 0 Å². The standard InChI is InChI=1S/C16H17NO5/c1-16-8-7-11(22-16)12(15(19)20)13(16)14(18)17-9-3-5-10(21-2)6-4-9/h3-8,11-13H,1-2H3,(H,17,18)(H,19,20)/t11-,12-,13-,16-/m1/s1. The average molecular weight is 303 g/mol. The molecule has 1 saturated heterocycles. The molecule has 3 rings (SSSR count). The summed E-state index contributed by atoms with van der Waals surface area (Å²) in [5.74, 6) is -2.32. The summed E-state index contributed by atoms with van der Waals surface area (Å²) in [6.07, 6.45) is 2.94. The van der Waals surface area contributed by atoms with Crippen molar-refractivity contribution in [3.05, 3.63) is 36.4 Å². The molecule has 0 saturated carbocycles. The molecule has 0 aromatic heterocycles. The molecule has 1 amide bonds. The number of hydrogen-bond donors (Lipinski definition) is 2. The number of carbonyl (C=O) groups is 2. The zero-order chi connectivity index (χ0) is 15.9. The van der Waals surface area contributed by atoms with Crippen LogP contribution in [0.5, 0.6) is 5.75 Å². The number of fused-ring (bicyclic) bond motifs is 2. The van der Waals surface area contributed by atoms with Gasteiger partial charge >= 0.3 is 5.97 Å². The summed E-state index contributed by atoms with van der Waals surface area (Å²) in [6.45, 7) is 1.74. The van der Waals surface area contributed by atoms with Gasteiger partial charge in [0.15, 0.2) is 0 Å². The van der Waals surface area contributed by atoms with E-state index in [9.17, 15) is 14.7 Å². The van der Waals surface area contributed by atoms with Crippen LogP contribution in [0.1, 0.15) is 6.92 Å². The molecular formula is C16H17NO5. The third-order valence-electron chi connectivity index (χ3n) is 4.26. The molecule has 0 spiro atoms. The number of nitrogens with one attached hydrogen (secondary N) is 1. The van der Waals surface area contributed by atoms with Crippen LogP contribution in [0.2, 0.25) is 0 Å². The van der Waals surface area contributed by atoms with Gasteiger partial charge < -0.3 is 19.9 Å². The number of carboxylic acid groups (broad SMARTS) is 1. The van der Waals surface area contributed by atoms with Gasteiger partial charge in [-0.3, -0.25) is 9.59 Å². The molecule has 6 heteroatoms. The molecule has 0 aliphatic carbocycles. The first-order chi connectivity index (χ1) is 10.4. The van der Waals surface area contributed by atoms with Crippen LogP contribution in [0.25, 0.3) is 0 Å². The number of anilines is 1. The van der Waals surface area contributed by atoms with E-state index in [1.165, 1.54) is 0 Å². The number of benzene rings is 1. The average Bonchev–Trinajstić information content (AvgIpc) is 3.01. The third kappa shape index (κ3) is 2.25. The van der Waals surface area contributed by atoms with Crippen molar-refractivity contribution in [2.24, 2.45) is 11.8 Å². The molecule has 1 fully saturated rings. The van der Waals surface area contributed by atoms with Crippen molar-refractivity contribution in [3.63, 3.8) is 0 Å². The highest BCUT2D eigenvalue weighted by molar-refractivity contribution is 5.97. The van der Waals surface area contributed by atoms with E-state index in [1.807, 2.05) is 0 Å². The van der Waals surface area contributed by atoms with Gasteiger partial charge in [0.25, 0.3) is 0 Å². The van der Waals surface area contributed by atoms with Crippen LogP contribution in [0.15, 0.2) is 36.4 Å². The summed E-state index contributed by atoms with van der Waals surface area (Å²) in [5, 5.41) is 12.2. The van der Waals surface area contributed by atoms with Gasteiger partial charge in [-0.2, -0.15) is 0 Å². The van der Waals surface area contributed by atoms with E-state index < -0.39 is 29.5 Å². The first-order valence-corrected chi connectivity index (χ1v) is 6.99. The Hall–Kier alpha value is -2.34. The molecule has 2 aliphatic rings. The lowest BCUT2D eigenvalue weighted by molar-refractivity contribution is -0.146. The van der Waals surface area contributed by atoms with Crippen molar-refractivity contribution in [1.82, 2.24) is 0 Å². The fourth-order valence-corrected chi connectivity index (χ4v) is 3.17. The maximum absolute atomic E-state index is 12.6. The largest absolute Gasteiger partial charge is 0.497 e. The lowest BCUT2D eigenvalue weighted by Gasteiger charge is -2.27. The Morgan fingerprint density at radius 2 is 2.00 bits per heavy atom. The maximum Gasteiger partial charge on any atom is 0.310 e. The van der Waals surface area contributed by atoms with Crippen LogP contribution in [-0.2, 0) is 14.3 Å². The van der Waals surface area contributed by atoms with E-state index in [0.29, 0.717) is 11.4 Å². The number of aliphatic carboxylic acids is 1. The predicted octanol–water partition coefficient (Wildman–Crippen LogP) is 1.68. The maximum atomic E-state index is 12.6. The molecule has 2 bridgehead atoms. The summed E-state index contributed by atoms with van der Waals surface area (Å²) in [5.41, 5.74) is -0.283. The Labute approximate surface area is 127 Å². The normalized spacial score (nSPS) is 32.0. The lowest BCUT2D eigenvalue weighted by atomic mass is 9.75. The molecule has 1 aromatic carbocycles. The lowest BCUT2D eigenvalue weighted by Crippen LogP contribution is -2.44. The molecule has 2 heterocycles. The SMILES string of the molecule is COc1ccc(NC(=O)[C@H]2[C@H](C(=O)O)[C@H]3C=C[C@@]2(C)O3)cc1. The van der Waals surface area contributed by atoms with Gasteiger partial charge in [-0.25, -0.2) is 0 Å². The number of carbonyl (C=O) groups excluding carboxylic acids is 1. The van der Waals surface area contributed by atoms with Crippen molar-refractivity contribution >= 4 is 17.6 Å². The summed E-state index contributed by atoms with van der Waals surface area (Å²) in [4.78, 5) is 24.0. The molecular weight excluding hydrogens is 286 g/mol. The zero-order valence-corrected chi connectivity index (χ0v) is 12.3. The molecule has 22 heavy (non-hydrogen) atoms. The summed E-state index contributed by atoms with van der Waals surface area (Å²) in [7, 11) is 1.56. The van der Waals surface area contributed by atoms with Crippen molar-refractivity contribution < 1.29 is 24.2 Å². The molecule has 0 radical (unpaired) electrons. The second-order valence-corrected chi connectivity index (χ2v) is 5.68. The van der Waals surface area contributed by atoms with Crippen LogP contribution < -0.4 is 10.1 Å². The second kappa shape index (κ2) is 5.14. The van der Waals surface area contributed by atoms with Crippen LogP contribution in [-0.4, -0.2) is 35.8 Å². The van der Waals surface area contributed by atoms with Crippen molar-refractivity contribution in [2.75, 3.05) is 12.4 Å². The first-order valence-electron chi connectivity index (χ1n) is 6.99. The minimum absolute atomic E-state index is 0.355. The molecule has 0 unspecified atom stereocenters. The number of amides is 1. The quantitative estimate of drug-likeness (QED) is 0.827. The Balaban J connectivity index is 1.81. The third-order valence-corrected chi connectivity index (χ3v) is 4.26. The highest BCUT2D eigenvalue weighted by atomic mass is 16.5. The van der Waals surface area contributed by atoms with E-state index in [-0.39, 0.29) is 5.91 Å². The van der Waals surface area contributed by atoms with Gasteiger partial charge in [-0.1, -0.05) is 12.2 Å². The Morgan fingerprint density at radius 3 is 2.59 bits per heavy atom. The molecule has 1 aromatic rings. The van der Waals surface area contributed by atoms with Crippen molar-refractivity contribution in [2.45, 2.75) is 18.6 Å². The number of ether oxygens (including phenoxy) is 2. The minimum atomic E-state index is -1.02. The number of hydrogen-bond acceptors (Lipinski definition) is 4. The van der Waals surface area contributed by atoms with Crippen LogP contribution >= 0.6 is 0 Å². The van der Waals surface area contributed by atoms with Crippen molar-refractivity contribution in [1.29, 1.82) is 0 Å². The fraction of sp³-hybridized carbons (Fsp3) is 0.375. The van der Waals surface area contributed by atoms with E-state index in [0.717, 1.165) is 0 Å². The summed E-state index contributed by atoms with van der Waals surface area (Å²) < 4.78 is 10.7. The molecule has 116 valence electrons. The van der Waals surface area contributed by atoms with Crippen molar-refractivity contribution in [3.8, 4) is 5.75 Å². The minimum Gasteiger partial charge on any atom is -0.497 e. The van der Waals surface area contributed by atoms with E-state index >= 15 is 0 Å².